The van der Waals surface area contributed by atoms with Crippen LogP contribution in [0.1, 0.15) is 0 Å². The minimum Gasteiger partial charge on any atom is -0.309 e. The summed E-state index contributed by atoms with van der Waals surface area (Å²) in [5.41, 5.74) is 6.09. The number of nitrogens with zero attached hydrogens (tertiary/aromatic N) is 2. The molecule has 0 aliphatic rings. The molecule has 0 N–H and O–H groups in total. The zero-order chi connectivity index (χ0) is 28.8. The minimum atomic E-state index is -3.16. The number of hydrogen-bond donors (Lipinski definition) is 0. The quantitative estimate of drug-likeness (QED) is 0.194. The molecule has 0 bridgehead atoms. The van der Waals surface area contributed by atoms with Crippen LogP contribution in [0.15, 0.2) is 164 Å². The summed E-state index contributed by atoms with van der Waals surface area (Å²) < 4.78 is 17.6. The molecule has 2 aromatic heterocycles. The first-order valence-corrected chi connectivity index (χ1v) is 16.1. The highest BCUT2D eigenvalue weighted by atomic mass is 31.2. The van der Waals surface area contributed by atoms with Crippen LogP contribution in [0.4, 0.5) is 0 Å². The van der Waals surface area contributed by atoms with Crippen LogP contribution in [0.25, 0.3) is 49.7 Å². The molecular weight excluding hydrogens is 543 g/mol. The van der Waals surface area contributed by atoms with E-state index in [1.54, 1.807) is 0 Å². The third kappa shape index (κ3) is 4.05. The largest absolute Gasteiger partial charge is 0.309 e. The molecule has 204 valence electrons. The second-order valence-electron chi connectivity index (χ2n) is 10.7. The fourth-order valence-electron chi connectivity index (χ4n) is 6.31. The summed E-state index contributed by atoms with van der Waals surface area (Å²) in [6.07, 6.45) is 0. The monoisotopic (exact) mass is 570 g/mol. The third-order valence-corrected chi connectivity index (χ3v) is 11.3. The smallest absolute Gasteiger partial charge is 0.171 e. The molecule has 0 aliphatic carbocycles. The number of hydrogen-bond acceptors (Lipinski definition) is 2. The number of fused-ring (bicyclic) bond motifs is 5. The Morgan fingerprint density at radius 1 is 0.512 bits per heavy atom. The molecule has 8 aromatic rings. The van der Waals surface area contributed by atoms with Crippen molar-refractivity contribution in [3.63, 3.8) is 0 Å². The van der Waals surface area contributed by atoms with Crippen LogP contribution in [0, 0.1) is 0 Å². The average molecular weight is 571 g/mol. The maximum absolute atomic E-state index is 15.3. The molecule has 0 saturated heterocycles. The van der Waals surface area contributed by atoms with Gasteiger partial charge in [-0.3, -0.25) is 0 Å². The molecule has 0 atom stereocenters. The summed E-state index contributed by atoms with van der Waals surface area (Å²) in [4.78, 5) is 5.30. The standard InChI is InChI=1S/C39H27N2OP/c42-43(30-18-6-2-7-19-30,31-20-8-3-9-21-31)32-22-14-15-28(27-32)38-37-34-24-11-13-26-36(34)41(29-16-4-1-5-17-29)39(37)33-23-10-12-25-35(33)40-38/h1-27H. The molecule has 0 spiro atoms. The lowest BCUT2D eigenvalue weighted by Gasteiger charge is -2.21. The second-order valence-corrected chi connectivity index (χ2v) is 13.5. The van der Waals surface area contributed by atoms with Crippen molar-refractivity contribution in [2.75, 3.05) is 0 Å². The zero-order valence-electron chi connectivity index (χ0n) is 23.3. The van der Waals surface area contributed by atoms with Crippen LogP contribution < -0.4 is 15.9 Å². The first-order chi connectivity index (χ1) is 21.2. The van der Waals surface area contributed by atoms with Gasteiger partial charge in [-0.25, -0.2) is 4.98 Å². The van der Waals surface area contributed by atoms with Gasteiger partial charge in [0.15, 0.2) is 7.14 Å². The highest BCUT2D eigenvalue weighted by Crippen LogP contribution is 2.45. The Balaban J connectivity index is 1.47. The van der Waals surface area contributed by atoms with Crippen LogP contribution >= 0.6 is 7.14 Å². The maximum Gasteiger partial charge on any atom is 0.171 e. The summed E-state index contributed by atoms with van der Waals surface area (Å²) in [5, 5.41) is 5.74. The van der Waals surface area contributed by atoms with Crippen molar-refractivity contribution in [3.8, 4) is 16.9 Å². The number of benzene rings is 6. The van der Waals surface area contributed by atoms with E-state index in [2.05, 4.69) is 83.4 Å². The van der Waals surface area contributed by atoms with E-state index in [1.165, 1.54) is 0 Å². The van der Waals surface area contributed by atoms with Crippen molar-refractivity contribution in [2.24, 2.45) is 0 Å². The lowest BCUT2D eigenvalue weighted by Crippen LogP contribution is -2.25. The summed E-state index contributed by atoms with van der Waals surface area (Å²) in [6, 6.07) is 55.2. The van der Waals surface area contributed by atoms with Gasteiger partial charge in [0, 0.05) is 43.3 Å². The third-order valence-electron chi connectivity index (χ3n) is 8.24. The molecule has 0 aliphatic heterocycles. The number of aromatic nitrogens is 2. The fraction of sp³-hybridized carbons (Fsp3) is 0. The van der Waals surface area contributed by atoms with E-state index >= 15 is 4.57 Å². The molecule has 2 heterocycles. The highest BCUT2D eigenvalue weighted by Gasteiger charge is 2.30. The normalized spacial score (nSPS) is 11.8. The van der Waals surface area contributed by atoms with Crippen molar-refractivity contribution >= 4 is 55.8 Å². The van der Waals surface area contributed by atoms with Gasteiger partial charge in [-0.2, -0.15) is 0 Å². The number of rotatable bonds is 5. The number of pyridine rings is 1. The molecule has 0 radical (unpaired) electrons. The van der Waals surface area contributed by atoms with E-state index in [4.69, 9.17) is 4.98 Å². The summed E-state index contributed by atoms with van der Waals surface area (Å²) in [6.45, 7) is 0. The summed E-state index contributed by atoms with van der Waals surface area (Å²) in [5.74, 6) is 0. The Morgan fingerprint density at radius 3 is 1.77 bits per heavy atom. The second kappa shape index (κ2) is 10.2. The molecule has 4 heteroatoms. The Hall–Kier alpha value is -5.24. The lowest BCUT2D eigenvalue weighted by atomic mass is 10.0. The molecule has 6 aromatic carbocycles. The zero-order valence-corrected chi connectivity index (χ0v) is 24.2. The van der Waals surface area contributed by atoms with Crippen LogP contribution in [-0.4, -0.2) is 9.55 Å². The van der Waals surface area contributed by atoms with Gasteiger partial charge in [0.25, 0.3) is 0 Å². The molecule has 8 rings (SSSR count). The van der Waals surface area contributed by atoms with E-state index in [0.717, 1.165) is 65.6 Å². The first kappa shape index (κ1) is 25.5. The van der Waals surface area contributed by atoms with Crippen molar-refractivity contribution in [3.05, 3.63) is 164 Å². The fourth-order valence-corrected chi connectivity index (χ4v) is 9.00. The van der Waals surface area contributed by atoms with E-state index in [0.29, 0.717) is 0 Å². The van der Waals surface area contributed by atoms with Gasteiger partial charge in [0.05, 0.1) is 22.2 Å². The van der Waals surface area contributed by atoms with Crippen molar-refractivity contribution in [1.82, 2.24) is 9.55 Å². The predicted octanol–water partition coefficient (Wildman–Crippen LogP) is 8.64. The van der Waals surface area contributed by atoms with Crippen LogP contribution in [0.3, 0.4) is 0 Å². The summed E-state index contributed by atoms with van der Waals surface area (Å²) in [7, 11) is -3.16. The van der Waals surface area contributed by atoms with Crippen LogP contribution in [0.2, 0.25) is 0 Å². The van der Waals surface area contributed by atoms with Gasteiger partial charge in [-0.15, -0.1) is 0 Å². The molecule has 0 saturated carbocycles. The van der Waals surface area contributed by atoms with E-state index in [1.807, 2.05) is 84.9 Å². The topological polar surface area (TPSA) is 34.9 Å². The predicted molar refractivity (Wildman–Crippen MR) is 181 cm³/mol. The Labute approximate surface area is 250 Å². The maximum atomic E-state index is 15.3. The SMILES string of the molecule is O=P(c1ccccc1)(c1ccccc1)c1cccc(-c2nc3ccccc3c3c2c2ccccc2n3-c2ccccc2)c1. The van der Waals surface area contributed by atoms with Crippen molar-refractivity contribution in [1.29, 1.82) is 0 Å². The van der Waals surface area contributed by atoms with E-state index in [9.17, 15) is 0 Å². The molecule has 0 unspecified atom stereocenters. The summed E-state index contributed by atoms with van der Waals surface area (Å²) >= 11 is 0. The Bertz CT molecular complexity index is 2270. The average Bonchev–Trinajstić information content (AvgIpc) is 3.44. The van der Waals surface area contributed by atoms with Gasteiger partial charge in [-0.1, -0.05) is 133 Å². The van der Waals surface area contributed by atoms with Gasteiger partial charge < -0.3 is 9.13 Å². The minimum absolute atomic E-state index is 0.789. The van der Waals surface area contributed by atoms with E-state index in [-0.39, 0.29) is 0 Å². The molecular formula is C39H27N2OP. The van der Waals surface area contributed by atoms with Crippen LogP contribution in [-0.2, 0) is 4.57 Å². The molecule has 0 amide bonds. The Morgan fingerprint density at radius 2 is 1.07 bits per heavy atom. The molecule has 3 nitrogen and oxygen atoms in total. The molecule has 43 heavy (non-hydrogen) atoms. The molecule has 0 fully saturated rings. The first-order valence-electron chi connectivity index (χ1n) is 14.4. The Kier molecular flexibility index (Phi) is 6.06. The van der Waals surface area contributed by atoms with Gasteiger partial charge >= 0.3 is 0 Å². The lowest BCUT2D eigenvalue weighted by molar-refractivity contribution is 0.592. The number of para-hydroxylation sites is 3. The van der Waals surface area contributed by atoms with Crippen molar-refractivity contribution in [2.45, 2.75) is 0 Å². The van der Waals surface area contributed by atoms with Gasteiger partial charge in [0.1, 0.15) is 0 Å². The van der Waals surface area contributed by atoms with Crippen molar-refractivity contribution < 1.29 is 4.57 Å². The van der Waals surface area contributed by atoms with Gasteiger partial charge in [-0.05, 0) is 30.3 Å². The van der Waals surface area contributed by atoms with E-state index < -0.39 is 7.14 Å². The van der Waals surface area contributed by atoms with Gasteiger partial charge in [0.2, 0.25) is 0 Å². The highest BCUT2D eigenvalue weighted by molar-refractivity contribution is 7.85. The van der Waals surface area contributed by atoms with Crippen LogP contribution in [0.5, 0.6) is 0 Å².